The summed E-state index contributed by atoms with van der Waals surface area (Å²) in [5, 5.41) is -0.165. The molecule has 126 valence electrons. The van der Waals surface area contributed by atoms with Crippen LogP contribution in [-0.4, -0.2) is 37.3 Å². The second-order valence-corrected chi connectivity index (χ2v) is 6.53. The third-order valence-electron chi connectivity index (χ3n) is 3.93. The molecule has 0 N–H and O–H groups in total. The van der Waals surface area contributed by atoms with Gasteiger partial charge in [-0.15, -0.1) is 11.8 Å². The molecule has 6 heteroatoms. The number of hydrogen-bond donors (Lipinski definition) is 0. The average molecular weight is 347 g/mol. The summed E-state index contributed by atoms with van der Waals surface area (Å²) in [6.07, 6.45) is 0. The first kappa shape index (κ1) is 16.6. The van der Waals surface area contributed by atoms with E-state index in [0.717, 1.165) is 11.3 Å². The van der Waals surface area contributed by atoms with Gasteiger partial charge in [-0.05, 0) is 30.3 Å². The fraction of sp³-hybridized carbons (Fsp3) is 0.278. The smallest absolute Gasteiger partial charge is 0.255 e. The van der Waals surface area contributed by atoms with Crippen LogP contribution in [0.3, 0.4) is 0 Å². The number of halogens is 1. The van der Waals surface area contributed by atoms with Gasteiger partial charge >= 0.3 is 0 Å². The van der Waals surface area contributed by atoms with Crippen molar-refractivity contribution in [1.82, 2.24) is 4.90 Å². The van der Waals surface area contributed by atoms with Crippen LogP contribution in [0.5, 0.6) is 11.5 Å². The quantitative estimate of drug-likeness (QED) is 0.845. The van der Waals surface area contributed by atoms with Crippen molar-refractivity contribution in [2.75, 3.05) is 26.5 Å². The maximum atomic E-state index is 13.4. The summed E-state index contributed by atoms with van der Waals surface area (Å²) in [7, 11) is 3.19. The highest BCUT2D eigenvalue weighted by Crippen LogP contribution is 2.43. The first-order chi connectivity index (χ1) is 11.6. The van der Waals surface area contributed by atoms with E-state index in [1.807, 2.05) is 12.1 Å². The molecule has 0 radical (unpaired) electrons. The Morgan fingerprint density at radius 2 is 2.04 bits per heavy atom. The van der Waals surface area contributed by atoms with Gasteiger partial charge in [-0.2, -0.15) is 0 Å². The van der Waals surface area contributed by atoms with Crippen LogP contribution in [0, 0.1) is 5.82 Å². The summed E-state index contributed by atoms with van der Waals surface area (Å²) in [4.78, 5) is 14.5. The second-order valence-electron chi connectivity index (χ2n) is 5.34. The van der Waals surface area contributed by atoms with Crippen LogP contribution in [0.25, 0.3) is 0 Å². The van der Waals surface area contributed by atoms with Crippen molar-refractivity contribution in [1.29, 1.82) is 0 Å². The molecule has 2 aromatic rings. The van der Waals surface area contributed by atoms with Crippen LogP contribution in [0.1, 0.15) is 21.3 Å². The standard InChI is InChI=1S/C18H18FNO3S/c1-22-14-6-7-15(16(11-14)23-2)18-20(8-9-24-18)17(21)12-4-3-5-13(19)10-12/h3-7,10-11,18H,8-9H2,1-2H3. The van der Waals surface area contributed by atoms with E-state index in [4.69, 9.17) is 9.47 Å². The van der Waals surface area contributed by atoms with Crippen LogP contribution in [0.4, 0.5) is 4.39 Å². The molecule has 1 saturated heterocycles. The maximum absolute atomic E-state index is 13.4. The highest BCUT2D eigenvalue weighted by molar-refractivity contribution is 7.99. The molecule has 1 aliphatic heterocycles. The number of nitrogens with zero attached hydrogens (tertiary/aromatic N) is 1. The Hall–Kier alpha value is -2.21. The lowest BCUT2D eigenvalue weighted by atomic mass is 10.1. The number of hydrogen-bond acceptors (Lipinski definition) is 4. The second kappa shape index (κ2) is 7.13. The topological polar surface area (TPSA) is 38.8 Å². The molecule has 1 unspecified atom stereocenters. The Morgan fingerprint density at radius 1 is 1.21 bits per heavy atom. The average Bonchev–Trinajstić information content (AvgIpc) is 3.09. The van der Waals surface area contributed by atoms with Gasteiger partial charge in [0.15, 0.2) is 0 Å². The molecule has 24 heavy (non-hydrogen) atoms. The molecule has 1 amide bonds. The van der Waals surface area contributed by atoms with E-state index in [1.54, 1.807) is 49.1 Å². The van der Waals surface area contributed by atoms with Crippen molar-refractivity contribution in [3.8, 4) is 11.5 Å². The molecule has 1 fully saturated rings. The minimum absolute atomic E-state index is 0.165. The summed E-state index contributed by atoms with van der Waals surface area (Å²) >= 11 is 1.66. The number of rotatable bonds is 4. The Morgan fingerprint density at radius 3 is 2.75 bits per heavy atom. The Labute approximate surface area is 144 Å². The maximum Gasteiger partial charge on any atom is 0.255 e. The number of amides is 1. The Bertz CT molecular complexity index is 753. The van der Waals surface area contributed by atoms with Crippen molar-refractivity contribution in [2.45, 2.75) is 5.37 Å². The molecule has 1 atom stereocenters. The van der Waals surface area contributed by atoms with E-state index in [2.05, 4.69) is 0 Å². The molecule has 4 nitrogen and oxygen atoms in total. The van der Waals surface area contributed by atoms with Crippen molar-refractivity contribution in [3.63, 3.8) is 0 Å². The molecule has 0 aliphatic carbocycles. The largest absolute Gasteiger partial charge is 0.497 e. The Balaban J connectivity index is 1.92. The third kappa shape index (κ3) is 3.19. The van der Waals surface area contributed by atoms with Crippen LogP contribution >= 0.6 is 11.8 Å². The molecule has 1 aliphatic rings. The summed E-state index contributed by atoms with van der Waals surface area (Å²) < 4.78 is 24.1. The van der Waals surface area contributed by atoms with Crippen molar-refractivity contribution < 1.29 is 18.7 Å². The van der Waals surface area contributed by atoms with E-state index in [9.17, 15) is 9.18 Å². The molecule has 0 bridgehead atoms. The molecule has 0 saturated carbocycles. The van der Waals surface area contributed by atoms with Gasteiger partial charge in [0, 0.05) is 29.5 Å². The molecule has 2 aromatic carbocycles. The van der Waals surface area contributed by atoms with Crippen molar-refractivity contribution in [2.24, 2.45) is 0 Å². The lowest BCUT2D eigenvalue weighted by molar-refractivity contribution is 0.0759. The molecule has 3 rings (SSSR count). The number of ether oxygens (including phenoxy) is 2. The van der Waals surface area contributed by atoms with Crippen LogP contribution < -0.4 is 9.47 Å². The zero-order valence-electron chi connectivity index (χ0n) is 13.5. The summed E-state index contributed by atoms with van der Waals surface area (Å²) in [6.45, 7) is 0.611. The van der Waals surface area contributed by atoms with Crippen LogP contribution in [-0.2, 0) is 0 Å². The summed E-state index contributed by atoms with van der Waals surface area (Å²) in [6, 6.07) is 11.4. The molecule has 0 aromatic heterocycles. The van der Waals surface area contributed by atoms with Gasteiger partial charge in [-0.3, -0.25) is 4.79 Å². The first-order valence-corrected chi connectivity index (χ1v) is 8.59. The fourth-order valence-corrected chi connectivity index (χ4v) is 4.03. The summed E-state index contributed by atoms with van der Waals surface area (Å²) in [5.41, 5.74) is 1.26. The lowest BCUT2D eigenvalue weighted by Crippen LogP contribution is -2.30. The van der Waals surface area contributed by atoms with Gasteiger partial charge < -0.3 is 14.4 Å². The Kier molecular flexibility index (Phi) is 4.94. The normalized spacial score (nSPS) is 17.0. The van der Waals surface area contributed by atoms with Crippen molar-refractivity contribution in [3.05, 3.63) is 59.4 Å². The van der Waals surface area contributed by atoms with Gasteiger partial charge in [-0.1, -0.05) is 6.07 Å². The van der Waals surface area contributed by atoms with Crippen LogP contribution in [0.2, 0.25) is 0 Å². The van der Waals surface area contributed by atoms with Gasteiger partial charge in [-0.25, -0.2) is 4.39 Å². The van der Waals surface area contributed by atoms with Gasteiger partial charge in [0.25, 0.3) is 5.91 Å². The van der Waals surface area contributed by atoms with E-state index in [-0.39, 0.29) is 11.3 Å². The van der Waals surface area contributed by atoms with Crippen LogP contribution in [0.15, 0.2) is 42.5 Å². The number of thioether (sulfide) groups is 1. The van der Waals surface area contributed by atoms with E-state index >= 15 is 0 Å². The van der Waals surface area contributed by atoms with Crippen molar-refractivity contribution >= 4 is 17.7 Å². The number of methoxy groups -OCH3 is 2. The molecule has 0 spiro atoms. The highest BCUT2D eigenvalue weighted by atomic mass is 32.2. The number of carbonyl (C=O) groups excluding carboxylic acids is 1. The molecular formula is C18H18FNO3S. The predicted octanol–water partition coefficient (Wildman–Crippen LogP) is 3.73. The van der Waals surface area contributed by atoms with Gasteiger partial charge in [0.1, 0.15) is 22.7 Å². The minimum Gasteiger partial charge on any atom is -0.497 e. The molecule has 1 heterocycles. The van der Waals surface area contributed by atoms with E-state index in [0.29, 0.717) is 23.6 Å². The van der Waals surface area contributed by atoms with Gasteiger partial charge in [0.05, 0.1) is 14.2 Å². The van der Waals surface area contributed by atoms with Gasteiger partial charge in [0.2, 0.25) is 0 Å². The zero-order chi connectivity index (χ0) is 17.1. The minimum atomic E-state index is -0.411. The SMILES string of the molecule is COc1ccc(C2SCCN2C(=O)c2cccc(F)c2)c(OC)c1. The fourth-order valence-electron chi connectivity index (χ4n) is 2.75. The summed E-state index contributed by atoms with van der Waals surface area (Å²) in [5.74, 6) is 1.60. The number of carbonyl (C=O) groups is 1. The van der Waals surface area contributed by atoms with E-state index in [1.165, 1.54) is 12.1 Å². The third-order valence-corrected chi connectivity index (χ3v) is 5.17. The number of benzene rings is 2. The highest BCUT2D eigenvalue weighted by Gasteiger charge is 2.33. The monoisotopic (exact) mass is 347 g/mol. The molecular weight excluding hydrogens is 329 g/mol. The zero-order valence-corrected chi connectivity index (χ0v) is 14.3. The predicted molar refractivity (Wildman–Crippen MR) is 92.2 cm³/mol. The lowest BCUT2D eigenvalue weighted by Gasteiger charge is -2.25. The first-order valence-electron chi connectivity index (χ1n) is 7.54. The van der Waals surface area contributed by atoms with E-state index < -0.39 is 5.82 Å².